The summed E-state index contributed by atoms with van der Waals surface area (Å²) in [6.45, 7) is 3.91. The number of hydrogen-bond donors (Lipinski definition) is 0. The number of hydrogen-bond acceptors (Lipinski definition) is 4. The number of para-hydroxylation sites is 1. The second-order valence-electron chi connectivity index (χ2n) is 7.61. The summed E-state index contributed by atoms with van der Waals surface area (Å²) in [6.07, 6.45) is 1.67. The van der Waals surface area contributed by atoms with Crippen LogP contribution >= 0.6 is 0 Å². The Labute approximate surface area is 177 Å². The van der Waals surface area contributed by atoms with Crippen LogP contribution < -0.4 is 4.74 Å². The molecular formula is C24H28FN3O2. The molecule has 1 atom stereocenters. The summed E-state index contributed by atoms with van der Waals surface area (Å²) in [5.41, 5.74) is 3.35. The van der Waals surface area contributed by atoms with Crippen LogP contribution in [-0.4, -0.2) is 47.5 Å². The Hall–Kier alpha value is -2.70. The topological polar surface area (TPSA) is 39.5 Å². The Balaban J connectivity index is 1.31. The van der Waals surface area contributed by atoms with Crippen LogP contribution in [0.5, 0.6) is 5.75 Å². The number of morpholine rings is 1. The summed E-state index contributed by atoms with van der Waals surface area (Å²) >= 11 is 0. The first-order chi connectivity index (χ1) is 14.7. The molecule has 5 nitrogen and oxygen atoms in total. The molecule has 0 spiro atoms. The molecule has 1 aromatic heterocycles. The summed E-state index contributed by atoms with van der Waals surface area (Å²) in [5, 5.41) is 4.67. The fourth-order valence-corrected chi connectivity index (χ4v) is 3.77. The molecule has 4 rings (SSSR count). The quantitative estimate of drug-likeness (QED) is 0.567. The maximum absolute atomic E-state index is 13.7. The number of rotatable bonds is 8. The standard InChI is InChI=1S/C24H28FN3O2/c1-27-20(12-15-29-23-10-6-5-9-21(23)25)17-22(26-27)24-18-28(14-16-30-24)13-11-19-7-3-2-4-8-19/h2-10,17,24H,11-16,18H2,1H3. The zero-order valence-electron chi connectivity index (χ0n) is 17.3. The number of benzene rings is 2. The first kappa shape index (κ1) is 20.6. The van der Waals surface area contributed by atoms with Crippen molar-refractivity contribution in [3.8, 4) is 5.75 Å². The largest absolute Gasteiger partial charge is 0.490 e. The Bertz CT molecular complexity index is 945. The molecule has 1 aliphatic rings. The highest BCUT2D eigenvalue weighted by Crippen LogP contribution is 2.23. The van der Waals surface area contributed by atoms with E-state index in [0.29, 0.717) is 19.6 Å². The highest BCUT2D eigenvalue weighted by Gasteiger charge is 2.24. The number of aromatic nitrogens is 2. The minimum atomic E-state index is -0.339. The number of ether oxygens (including phenoxy) is 2. The fraction of sp³-hybridized carbons (Fsp3) is 0.375. The normalized spacial score (nSPS) is 17.2. The van der Waals surface area contributed by atoms with Crippen LogP contribution in [0.25, 0.3) is 0 Å². The second-order valence-corrected chi connectivity index (χ2v) is 7.61. The minimum absolute atomic E-state index is 0.0260. The van der Waals surface area contributed by atoms with Gasteiger partial charge >= 0.3 is 0 Å². The van der Waals surface area contributed by atoms with Crippen molar-refractivity contribution in [1.82, 2.24) is 14.7 Å². The lowest BCUT2D eigenvalue weighted by Gasteiger charge is -2.32. The molecule has 2 aromatic carbocycles. The number of nitrogens with zero attached hydrogens (tertiary/aromatic N) is 3. The van der Waals surface area contributed by atoms with Crippen LogP contribution in [0.4, 0.5) is 4.39 Å². The van der Waals surface area contributed by atoms with Crippen molar-refractivity contribution >= 4 is 0 Å². The third-order valence-corrected chi connectivity index (χ3v) is 5.49. The molecule has 0 radical (unpaired) electrons. The number of aryl methyl sites for hydroxylation is 1. The Morgan fingerprint density at radius 1 is 1.10 bits per heavy atom. The average molecular weight is 410 g/mol. The van der Waals surface area contributed by atoms with Gasteiger partial charge in [0, 0.05) is 38.8 Å². The lowest BCUT2D eigenvalue weighted by Crippen LogP contribution is -2.39. The van der Waals surface area contributed by atoms with Gasteiger partial charge in [-0.1, -0.05) is 42.5 Å². The Morgan fingerprint density at radius 3 is 2.73 bits per heavy atom. The van der Waals surface area contributed by atoms with Gasteiger partial charge < -0.3 is 9.47 Å². The van der Waals surface area contributed by atoms with E-state index >= 15 is 0 Å². The van der Waals surface area contributed by atoms with E-state index in [-0.39, 0.29) is 17.7 Å². The van der Waals surface area contributed by atoms with Crippen LogP contribution in [0.3, 0.4) is 0 Å². The summed E-state index contributed by atoms with van der Waals surface area (Å²) in [4.78, 5) is 2.44. The van der Waals surface area contributed by atoms with Crippen LogP contribution in [0, 0.1) is 5.82 Å². The van der Waals surface area contributed by atoms with E-state index < -0.39 is 0 Å². The van der Waals surface area contributed by atoms with Gasteiger partial charge in [0.15, 0.2) is 11.6 Å². The molecule has 0 aliphatic carbocycles. The molecule has 2 heterocycles. The zero-order valence-corrected chi connectivity index (χ0v) is 17.3. The highest BCUT2D eigenvalue weighted by molar-refractivity contribution is 5.23. The van der Waals surface area contributed by atoms with Gasteiger partial charge in [-0.2, -0.15) is 5.10 Å². The van der Waals surface area contributed by atoms with E-state index in [1.165, 1.54) is 11.6 Å². The van der Waals surface area contributed by atoms with Crippen molar-refractivity contribution in [3.63, 3.8) is 0 Å². The third kappa shape index (κ3) is 5.26. The van der Waals surface area contributed by atoms with Crippen molar-refractivity contribution in [1.29, 1.82) is 0 Å². The smallest absolute Gasteiger partial charge is 0.165 e. The fourth-order valence-electron chi connectivity index (χ4n) is 3.77. The van der Waals surface area contributed by atoms with E-state index in [1.54, 1.807) is 18.2 Å². The molecule has 158 valence electrons. The molecule has 30 heavy (non-hydrogen) atoms. The van der Waals surface area contributed by atoms with Gasteiger partial charge in [0.05, 0.1) is 18.9 Å². The summed E-state index contributed by atoms with van der Waals surface area (Å²) in [5.74, 6) is -0.0565. The predicted octanol–water partition coefficient (Wildman–Crippen LogP) is 3.80. The molecule has 3 aromatic rings. The predicted molar refractivity (Wildman–Crippen MR) is 114 cm³/mol. The van der Waals surface area contributed by atoms with E-state index in [4.69, 9.17) is 9.47 Å². The van der Waals surface area contributed by atoms with Crippen LogP contribution in [-0.2, 0) is 24.6 Å². The van der Waals surface area contributed by atoms with Gasteiger partial charge in [-0.3, -0.25) is 9.58 Å². The molecule has 1 fully saturated rings. The molecule has 0 bridgehead atoms. The van der Waals surface area contributed by atoms with E-state index in [2.05, 4.69) is 40.3 Å². The first-order valence-corrected chi connectivity index (χ1v) is 10.5. The van der Waals surface area contributed by atoms with Gasteiger partial charge in [-0.15, -0.1) is 0 Å². The van der Waals surface area contributed by atoms with Gasteiger partial charge in [0.2, 0.25) is 0 Å². The van der Waals surface area contributed by atoms with Crippen LogP contribution in [0.2, 0.25) is 0 Å². The Morgan fingerprint density at radius 2 is 1.90 bits per heavy atom. The van der Waals surface area contributed by atoms with E-state index in [1.807, 2.05) is 17.8 Å². The van der Waals surface area contributed by atoms with Crippen molar-refractivity contribution in [2.75, 3.05) is 32.8 Å². The molecule has 1 unspecified atom stereocenters. The molecular weight excluding hydrogens is 381 g/mol. The lowest BCUT2D eigenvalue weighted by molar-refractivity contribution is -0.0318. The zero-order chi connectivity index (χ0) is 20.8. The average Bonchev–Trinajstić information content (AvgIpc) is 3.15. The molecule has 1 aliphatic heterocycles. The molecule has 0 N–H and O–H groups in total. The first-order valence-electron chi connectivity index (χ1n) is 10.5. The summed E-state index contributed by atoms with van der Waals surface area (Å²) in [7, 11) is 1.93. The SMILES string of the molecule is Cn1nc(C2CN(CCc3ccccc3)CCO2)cc1CCOc1ccccc1F. The van der Waals surface area contributed by atoms with E-state index in [9.17, 15) is 4.39 Å². The maximum atomic E-state index is 13.7. The van der Waals surface area contributed by atoms with Crippen molar-refractivity contribution in [2.24, 2.45) is 7.05 Å². The second kappa shape index (κ2) is 9.87. The molecule has 1 saturated heterocycles. The van der Waals surface area contributed by atoms with Gasteiger partial charge in [-0.25, -0.2) is 4.39 Å². The van der Waals surface area contributed by atoms with Crippen molar-refractivity contribution in [3.05, 3.63) is 83.4 Å². The van der Waals surface area contributed by atoms with Crippen molar-refractivity contribution in [2.45, 2.75) is 18.9 Å². The molecule has 0 amide bonds. The maximum Gasteiger partial charge on any atom is 0.165 e. The number of halogens is 1. The molecule has 6 heteroatoms. The van der Waals surface area contributed by atoms with Gasteiger partial charge in [0.1, 0.15) is 6.10 Å². The summed E-state index contributed by atoms with van der Waals surface area (Å²) < 4.78 is 27.1. The monoisotopic (exact) mass is 409 g/mol. The van der Waals surface area contributed by atoms with E-state index in [0.717, 1.165) is 37.4 Å². The Kier molecular flexibility index (Phi) is 6.77. The van der Waals surface area contributed by atoms with Crippen molar-refractivity contribution < 1.29 is 13.9 Å². The highest BCUT2D eigenvalue weighted by atomic mass is 19.1. The lowest BCUT2D eigenvalue weighted by atomic mass is 10.1. The van der Waals surface area contributed by atoms with Gasteiger partial charge in [0.25, 0.3) is 0 Å². The summed E-state index contributed by atoms with van der Waals surface area (Å²) in [6, 6.07) is 19.1. The minimum Gasteiger partial charge on any atom is -0.490 e. The van der Waals surface area contributed by atoms with Crippen LogP contribution in [0.15, 0.2) is 60.7 Å². The molecule has 0 saturated carbocycles. The van der Waals surface area contributed by atoms with Gasteiger partial charge in [-0.05, 0) is 30.2 Å². The third-order valence-electron chi connectivity index (χ3n) is 5.49. The van der Waals surface area contributed by atoms with Crippen LogP contribution in [0.1, 0.15) is 23.1 Å².